The lowest BCUT2D eigenvalue weighted by Crippen LogP contribution is -2.22. The molecule has 0 saturated carbocycles. The van der Waals surface area contributed by atoms with E-state index >= 15 is 0 Å². The number of aliphatic carboxylic acids is 1. The molecule has 0 aliphatic carbocycles. The molecule has 0 spiro atoms. The highest BCUT2D eigenvalue weighted by Gasteiger charge is 2.15. The minimum absolute atomic E-state index is 0.0107. The number of rotatable bonds is 3. The van der Waals surface area contributed by atoms with Gasteiger partial charge in [-0.3, -0.25) is 0 Å². The third-order valence-corrected chi connectivity index (χ3v) is 1.33. The lowest BCUT2D eigenvalue weighted by atomic mass is 10.2. The minimum atomic E-state index is -1.40. The molecule has 12 heavy (non-hydrogen) atoms. The zero-order valence-electron chi connectivity index (χ0n) is 6.51. The number of aryl methyl sites for hydroxylation is 1. The molecule has 1 aromatic rings. The number of aliphatic hydroxyl groups excluding tert-OH is 1. The van der Waals surface area contributed by atoms with Crippen LogP contribution in [0, 0.1) is 0 Å². The van der Waals surface area contributed by atoms with Crippen LogP contribution in [0.4, 0.5) is 0 Å². The van der Waals surface area contributed by atoms with E-state index in [4.69, 9.17) is 10.2 Å². The number of carboxylic acids is 1. The number of aliphatic hydroxyl groups is 1. The van der Waals surface area contributed by atoms with Gasteiger partial charge in [0.2, 0.25) is 0 Å². The predicted octanol–water partition coefficient (Wildman–Crippen LogP) is -1.20. The third kappa shape index (κ3) is 2.03. The Balaban J connectivity index is 2.58. The van der Waals surface area contributed by atoms with Gasteiger partial charge >= 0.3 is 5.97 Å². The molecule has 1 atom stereocenters. The molecule has 1 aromatic heterocycles. The number of carbonyl (C=O) groups is 1. The van der Waals surface area contributed by atoms with E-state index in [9.17, 15) is 4.79 Å². The second-order valence-corrected chi connectivity index (χ2v) is 2.38. The maximum atomic E-state index is 10.2. The Morgan fingerprint density at radius 1 is 1.83 bits per heavy atom. The van der Waals surface area contributed by atoms with Crippen molar-refractivity contribution in [1.29, 1.82) is 0 Å². The van der Waals surface area contributed by atoms with Gasteiger partial charge in [0, 0.05) is 13.5 Å². The molecule has 0 aliphatic heterocycles. The summed E-state index contributed by atoms with van der Waals surface area (Å²) in [6.07, 6.45) is 0.0108. The summed E-state index contributed by atoms with van der Waals surface area (Å²) in [5, 5.41) is 24.8. The van der Waals surface area contributed by atoms with E-state index in [2.05, 4.69) is 10.2 Å². The largest absolute Gasteiger partial charge is 0.479 e. The lowest BCUT2D eigenvalue weighted by molar-refractivity contribution is -0.146. The van der Waals surface area contributed by atoms with Crippen LogP contribution < -0.4 is 0 Å². The van der Waals surface area contributed by atoms with E-state index in [1.807, 2.05) is 0 Å². The van der Waals surface area contributed by atoms with E-state index in [1.165, 1.54) is 11.0 Å². The Morgan fingerprint density at radius 3 is 2.92 bits per heavy atom. The second kappa shape index (κ2) is 3.31. The summed E-state index contributed by atoms with van der Waals surface area (Å²) < 4.78 is 0. The first-order chi connectivity index (χ1) is 5.59. The van der Waals surface area contributed by atoms with Crippen LogP contribution in [0.2, 0.25) is 0 Å². The van der Waals surface area contributed by atoms with Crippen molar-refractivity contribution in [2.75, 3.05) is 0 Å². The standard InChI is InChI=1S/C6H9N3O3/c1-9-7-3-4(8-9)2-5(10)6(11)12/h3,5,10H,2H2,1H3,(H,11,12). The summed E-state index contributed by atoms with van der Waals surface area (Å²) in [7, 11) is 1.62. The molecule has 0 aromatic carbocycles. The normalized spacial score (nSPS) is 12.8. The van der Waals surface area contributed by atoms with Gasteiger partial charge in [0.1, 0.15) is 0 Å². The molecule has 0 aliphatic rings. The van der Waals surface area contributed by atoms with Gasteiger partial charge in [-0.2, -0.15) is 15.0 Å². The Kier molecular flexibility index (Phi) is 2.39. The molecule has 0 radical (unpaired) electrons. The number of hydrogen-bond acceptors (Lipinski definition) is 4. The van der Waals surface area contributed by atoms with Gasteiger partial charge in [-0.05, 0) is 0 Å². The van der Waals surface area contributed by atoms with E-state index in [0.717, 1.165) is 0 Å². The number of hydrogen-bond donors (Lipinski definition) is 2. The lowest BCUT2D eigenvalue weighted by Gasteiger charge is -2.00. The Bertz CT molecular complexity index is 283. The van der Waals surface area contributed by atoms with Gasteiger partial charge in [-0.15, -0.1) is 0 Å². The minimum Gasteiger partial charge on any atom is -0.479 e. The van der Waals surface area contributed by atoms with Crippen molar-refractivity contribution in [3.63, 3.8) is 0 Å². The summed E-state index contributed by atoms with van der Waals surface area (Å²) in [6, 6.07) is 0. The Labute approximate surface area is 68.4 Å². The zero-order valence-corrected chi connectivity index (χ0v) is 6.51. The molecule has 1 unspecified atom stereocenters. The fourth-order valence-electron chi connectivity index (χ4n) is 0.767. The zero-order chi connectivity index (χ0) is 9.14. The highest BCUT2D eigenvalue weighted by atomic mass is 16.4. The molecule has 0 saturated heterocycles. The fraction of sp³-hybridized carbons (Fsp3) is 0.500. The molecule has 1 rings (SSSR count). The van der Waals surface area contributed by atoms with Gasteiger partial charge in [-0.25, -0.2) is 4.79 Å². The molecule has 0 bridgehead atoms. The molecule has 2 N–H and O–H groups in total. The topological polar surface area (TPSA) is 88.2 Å². The summed E-state index contributed by atoms with van der Waals surface area (Å²) in [4.78, 5) is 11.5. The van der Waals surface area contributed by atoms with E-state index in [1.54, 1.807) is 7.05 Å². The first kappa shape index (κ1) is 8.66. The summed E-state index contributed by atoms with van der Waals surface area (Å²) in [6.45, 7) is 0. The van der Waals surface area contributed by atoms with Crippen LogP contribution in [-0.2, 0) is 18.3 Å². The molecule has 6 nitrogen and oxygen atoms in total. The summed E-state index contributed by atoms with van der Waals surface area (Å²) in [5.41, 5.74) is 0.465. The molecule has 66 valence electrons. The molecule has 0 amide bonds. The van der Waals surface area contributed by atoms with Gasteiger partial charge in [0.15, 0.2) is 6.10 Å². The van der Waals surface area contributed by atoms with Gasteiger partial charge in [-0.1, -0.05) is 0 Å². The summed E-state index contributed by atoms with van der Waals surface area (Å²) in [5.74, 6) is -1.25. The van der Waals surface area contributed by atoms with Gasteiger partial charge in [0.05, 0.1) is 11.9 Å². The van der Waals surface area contributed by atoms with E-state index in [0.29, 0.717) is 5.69 Å². The number of aromatic nitrogens is 3. The molecular weight excluding hydrogens is 162 g/mol. The van der Waals surface area contributed by atoms with Crippen molar-refractivity contribution in [1.82, 2.24) is 15.0 Å². The fourth-order valence-corrected chi connectivity index (χ4v) is 0.767. The number of carboxylic acid groups (broad SMARTS) is 1. The van der Waals surface area contributed by atoms with Crippen molar-refractivity contribution in [3.05, 3.63) is 11.9 Å². The molecular formula is C6H9N3O3. The predicted molar refractivity (Wildman–Crippen MR) is 38.3 cm³/mol. The monoisotopic (exact) mass is 171 g/mol. The van der Waals surface area contributed by atoms with Gasteiger partial charge in [0.25, 0.3) is 0 Å². The van der Waals surface area contributed by atoms with Crippen molar-refractivity contribution in [2.45, 2.75) is 12.5 Å². The van der Waals surface area contributed by atoms with Crippen molar-refractivity contribution in [2.24, 2.45) is 7.05 Å². The molecule has 6 heteroatoms. The van der Waals surface area contributed by atoms with Crippen LogP contribution in [0.15, 0.2) is 6.20 Å². The molecule has 0 fully saturated rings. The van der Waals surface area contributed by atoms with Crippen LogP contribution in [0.25, 0.3) is 0 Å². The van der Waals surface area contributed by atoms with Gasteiger partial charge < -0.3 is 10.2 Å². The highest BCUT2D eigenvalue weighted by molar-refractivity contribution is 5.72. The summed E-state index contributed by atoms with van der Waals surface area (Å²) >= 11 is 0. The Hall–Kier alpha value is -1.43. The van der Waals surface area contributed by atoms with Crippen LogP contribution >= 0.6 is 0 Å². The smallest absolute Gasteiger partial charge is 0.332 e. The van der Waals surface area contributed by atoms with Crippen molar-refractivity contribution in [3.8, 4) is 0 Å². The highest BCUT2D eigenvalue weighted by Crippen LogP contribution is 1.97. The SMILES string of the molecule is Cn1ncc(CC(O)C(=O)O)n1. The third-order valence-electron chi connectivity index (χ3n) is 1.33. The van der Waals surface area contributed by atoms with Crippen molar-refractivity contribution >= 4 is 5.97 Å². The van der Waals surface area contributed by atoms with Crippen LogP contribution in [0.3, 0.4) is 0 Å². The van der Waals surface area contributed by atoms with Crippen LogP contribution in [0.5, 0.6) is 0 Å². The maximum Gasteiger partial charge on any atom is 0.332 e. The van der Waals surface area contributed by atoms with Crippen LogP contribution in [-0.4, -0.2) is 37.3 Å². The van der Waals surface area contributed by atoms with Crippen molar-refractivity contribution < 1.29 is 15.0 Å². The van der Waals surface area contributed by atoms with E-state index in [-0.39, 0.29) is 6.42 Å². The average Bonchev–Trinajstić information content (AvgIpc) is 2.35. The Morgan fingerprint density at radius 2 is 2.50 bits per heavy atom. The average molecular weight is 171 g/mol. The second-order valence-electron chi connectivity index (χ2n) is 2.38. The van der Waals surface area contributed by atoms with Crippen LogP contribution in [0.1, 0.15) is 5.69 Å². The maximum absolute atomic E-state index is 10.2. The first-order valence-corrected chi connectivity index (χ1v) is 3.35. The molecule has 1 heterocycles. The number of nitrogens with zero attached hydrogens (tertiary/aromatic N) is 3. The van der Waals surface area contributed by atoms with E-state index < -0.39 is 12.1 Å². The quantitative estimate of drug-likeness (QED) is 0.596. The first-order valence-electron chi connectivity index (χ1n) is 3.35.